The van der Waals surface area contributed by atoms with Gasteiger partial charge >= 0.3 is 0 Å². The summed E-state index contributed by atoms with van der Waals surface area (Å²) in [5, 5.41) is 26.3. The predicted molar refractivity (Wildman–Crippen MR) is 65.1 cm³/mol. The molecule has 0 bridgehead atoms. The van der Waals surface area contributed by atoms with E-state index in [1.807, 2.05) is 6.07 Å². The van der Waals surface area contributed by atoms with Gasteiger partial charge in [-0.15, -0.1) is 0 Å². The molecule has 2 atom stereocenters. The number of hydrogen-bond acceptors (Lipinski definition) is 5. The Labute approximate surface area is 104 Å². The summed E-state index contributed by atoms with van der Waals surface area (Å²) in [4.78, 5) is 10.2. The number of nitriles is 1. The number of benzene rings is 1. The van der Waals surface area contributed by atoms with Crippen molar-refractivity contribution in [1.82, 2.24) is 5.32 Å². The Hall–Kier alpha value is -2.13. The normalized spacial score (nSPS) is 28.3. The highest BCUT2D eigenvalue weighted by molar-refractivity contribution is 5.59. The summed E-state index contributed by atoms with van der Waals surface area (Å²) in [7, 11) is 0. The molecule has 2 unspecified atom stereocenters. The fourth-order valence-electron chi connectivity index (χ4n) is 2.70. The summed E-state index contributed by atoms with van der Waals surface area (Å²) in [5.41, 5.74) is 0.756. The lowest BCUT2D eigenvalue weighted by Crippen LogP contribution is -2.21. The summed E-state index contributed by atoms with van der Waals surface area (Å²) >= 11 is 0. The van der Waals surface area contributed by atoms with Gasteiger partial charge in [0.1, 0.15) is 11.6 Å². The van der Waals surface area contributed by atoms with Crippen molar-refractivity contribution in [2.75, 3.05) is 18.4 Å². The number of nitro benzene ring substituents is 1. The third-order valence-electron chi connectivity index (χ3n) is 3.74. The Balaban J connectivity index is 1.78. The van der Waals surface area contributed by atoms with E-state index in [-0.39, 0.29) is 11.3 Å². The number of nitrogens with zero attached hydrogens (tertiary/aromatic N) is 2. The van der Waals surface area contributed by atoms with Crippen LogP contribution < -0.4 is 10.6 Å². The highest BCUT2D eigenvalue weighted by Crippen LogP contribution is 2.43. The number of fused-ring (bicyclic) bond motifs is 1. The van der Waals surface area contributed by atoms with Gasteiger partial charge < -0.3 is 10.6 Å². The third kappa shape index (κ3) is 1.69. The number of hydrogen-bond donors (Lipinski definition) is 2. The van der Waals surface area contributed by atoms with E-state index in [9.17, 15) is 10.1 Å². The maximum absolute atomic E-state index is 10.7. The van der Waals surface area contributed by atoms with Crippen molar-refractivity contribution in [3.8, 4) is 6.07 Å². The lowest BCUT2D eigenvalue weighted by atomic mass is 10.1. The molecule has 18 heavy (non-hydrogen) atoms. The van der Waals surface area contributed by atoms with Crippen LogP contribution in [0.25, 0.3) is 0 Å². The van der Waals surface area contributed by atoms with Crippen LogP contribution in [-0.2, 0) is 0 Å². The minimum atomic E-state index is -0.530. The molecular weight excluding hydrogens is 232 g/mol. The molecule has 0 radical (unpaired) electrons. The Kier molecular flexibility index (Phi) is 2.42. The van der Waals surface area contributed by atoms with Crippen LogP contribution in [0, 0.1) is 33.3 Å². The summed E-state index contributed by atoms with van der Waals surface area (Å²) in [6.07, 6.45) is 0. The molecule has 6 nitrogen and oxygen atoms in total. The van der Waals surface area contributed by atoms with Crippen LogP contribution in [0.2, 0.25) is 0 Å². The molecule has 1 aliphatic carbocycles. The predicted octanol–water partition coefficient (Wildman–Crippen LogP) is 1.10. The minimum absolute atomic E-state index is 0.105. The number of nitrogens with one attached hydrogen (secondary N) is 2. The molecule has 0 aromatic heterocycles. The standard InChI is InChI=1S/C12H12N4O2/c13-4-7-3-8(1-2-11(7)16(17)18)15-12-9-5-14-6-10(9)12/h1-3,9-10,12,14-15H,5-6H2. The fraction of sp³-hybridized carbons (Fsp3) is 0.417. The Morgan fingerprint density at radius 1 is 1.44 bits per heavy atom. The molecule has 2 fully saturated rings. The first-order valence-corrected chi connectivity index (χ1v) is 5.86. The van der Waals surface area contributed by atoms with E-state index >= 15 is 0 Å². The molecular formula is C12H12N4O2. The van der Waals surface area contributed by atoms with Gasteiger partial charge in [-0.25, -0.2) is 0 Å². The summed E-state index contributed by atoms with van der Waals surface area (Å²) < 4.78 is 0. The lowest BCUT2D eigenvalue weighted by Gasteiger charge is -2.09. The van der Waals surface area contributed by atoms with E-state index in [0.29, 0.717) is 17.9 Å². The van der Waals surface area contributed by atoms with Crippen LogP contribution >= 0.6 is 0 Å². The molecule has 92 valence electrons. The van der Waals surface area contributed by atoms with Crippen molar-refractivity contribution < 1.29 is 4.92 Å². The molecule has 6 heteroatoms. The van der Waals surface area contributed by atoms with E-state index in [1.165, 1.54) is 6.07 Å². The molecule has 0 spiro atoms. The van der Waals surface area contributed by atoms with E-state index in [0.717, 1.165) is 18.8 Å². The molecule has 0 amide bonds. The fourth-order valence-corrected chi connectivity index (χ4v) is 2.70. The van der Waals surface area contributed by atoms with Crippen LogP contribution in [0.4, 0.5) is 11.4 Å². The van der Waals surface area contributed by atoms with E-state index < -0.39 is 4.92 Å². The zero-order valence-corrected chi connectivity index (χ0v) is 9.59. The number of nitro groups is 1. The average Bonchev–Trinajstić information content (AvgIpc) is 2.81. The SMILES string of the molecule is N#Cc1cc(NC2C3CNCC32)ccc1[N+](=O)[O-]. The third-order valence-corrected chi connectivity index (χ3v) is 3.74. The van der Waals surface area contributed by atoms with Crippen LogP contribution in [0.3, 0.4) is 0 Å². The zero-order chi connectivity index (χ0) is 12.7. The van der Waals surface area contributed by atoms with Crippen LogP contribution in [-0.4, -0.2) is 24.1 Å². The molecule has 1 saturated carbocycles. The van der Waals surface area contributed by atoms with Crippen LogP contribution in [0.1, 0.15) is 5.56 Å². The second-order valence-electron chi connectivity index (χ2n) is 4.76. The summed E-state index contributed by atoms with van der Waals surface area (Å²) in [5.74, 6) is 1.32. The molecule has 1 saturated heterocycles. The van der Waals surface area contributed by atoms with Gasteiger partial charge in [0, 0.05) is 30.9 Å². The van der Waals surface area contributed by atoms with Crippen LogP contribution in [0.15, 0.2) is 18.2 Å². The monoisotopic (exact) mass is 244 g/mol. The van der Waals surface area contributed by atoms with Gasteiger partial charge in [-0.1, -0.05) is 0 Å². The molecule has 2 aliphatic rings. The molecule has 3 rings (SSSR count). The highest BCUT2D eigenvalue weighted by atomic mass is 16.6. The van der Waals surface area contributed by atoms with Gasteiger partial charge in [0.05, 0.1) is 4.92 Å². The maximum atomic E-state index is 10.7. The van der Waals surface area contributed by atoms with Gasteiger partial charge in [-0.3, -0.25) is 10.1 Å². The number of anilines is 1. The average molecular weight is 244 g/mol. The maximum Gasteiger partial charge on any atom is 0.287 e. The Bertz CT molecular complexity index is 541. The molecule has 1 aromatic carbocycles. The second kappa shape index (κ2) is 3.96. The van der Waals surface area contributed by atoms with Crippen molar-refractivity contribution in [2.24, 2.45) is 11.8 Å². The summed E-state index contributed by atoms with van der Waals surface area (Å²) in [6.45, 7) is 2.06. The largest absolute Gasteiger partial charge is 0.382 e. The first kappa shape index (κ1) is 11.0. The molecule has 1 aromatic rings. The molecule has 1 heterocycles. The van der Waals surface area contributed by atoms with Crippen molar-refractivity contribution in [3.63, 3.8) is 0 Å². The topological polar surface area (TPSA) is 91.0 Å². The first-order chi connectivity index (χ1) is 8.70. The zero-order valence-electron chi connectivity index (χ0n) is 9.59. The Morgan fingerprint density at radius 2 is 2.17 bits per heavy atom. The van der Waals surface area contributed by atoms with Crippen molar-refractivity contribution in [1.29, 1.82) is 5.26 Å². The summed E-state index contributed by atoms with van der Waals surface area (Å²) in [6, 6.07) is 6.92. The lowest BCUT2D eigenvalue weighted by molar-refractivity contribution is -0.385. The number of piperidine rings is 1. The molecule has 2 N–H and O–H groups in total. The van der Waals surface area contributed by atoms with Gasteiger partial charge in [-0.2, -0.15) is 5.26 Å². The van der Waals surface area contributed by atoms with E-state index in [2.05, 4.69) is 10.6 Å². The van der Waals surface area contributed by atoms with Crippen LogP contribution in [0.5, 0.6) is 0 Å². The van der Waals surface area contributed by atoms with Crippen molar-refractivity contribution in [2.45, 2.75) is 6.04 Å². The minimum Gasteiger partial charge on any atom is -0.382 e. The quantitative estimate of drug-likeness (QED) is 0.613. The van der Waals surface area contributed by atoms with Crippen molar-refractivity contribution >= 4 is 11.4 Å². The van der Waals surface area contributed by atoms with Gasteiger partial charge in [0.15, 0.2) is 0 Å². The Morgan fingerprint density at radius 3 is 2.78 bits per heavy atom. The van der Waals surface area contributed by atoms with Gasteiger partial charge in [0.25, 0.3) is 5.69 Å². The smallest absolute Gasteiger partial charge is 0.287 e. The molecule has 1 aliphatic heterocycles. The van der Waals surface area contributed by atoms with E-state index in [4.69, 9.17) is 5.26 Å². The number of rotatable bonds is 3. The highest BCUT2D eigenvalue weighted by Gasteiger charge is 2.52. The van der Waals surface area contributed by atoms with Gasteiger partial charge in [-0.05, 0) is 24.0 Å². The first-order valence-electron chi connectivity index (χ1n) is 5.86. The van der Waals surface area contributed by atoms with Gasteiger partial charge in [0.2, 0.25) is 0 Å². The van der Waals surface area contributed by atoms with Crippen molar-refractivity contribution in [3.05, 3.63) is 33.9 Å². The van der Waals surface area contributed by atoms with E-state index in [1.54, 1.807) is 12.1 Å². The second-order valence-corrected chi connectivity index (χ2v) is 4.76.